The predicted octanol–water partition coefficient (Wildman–Crippen LogP) is 2.83. The Labute approximate surface area is 100 Å². The zero-order valence-corrected chi connectivity index (χ0v) is 10.9. The first-order chi connectivity index (χ1) is 7.79. The molecule has 2 fully saturated rings. The Kier molecular flexibility index (Phi) is 4.66. The SMILES string of the molecule is CCOCC(C)NCCC1CC2CCC1C2. The fraction of sp³-hybridized carbons (Fsp3) is 1.00. The number of hydrogen-bond acceptors (Lipinski definition) is 2. The average molecular weight is 225 g/mol. The van der Waals surface area contributed by atoms with Gasteiger partial charge in [0.15, 0.2) is 0 Å². The molecule has 2 heteroatoms. The van der Waals surface area contributed by atoms with E-state index in [1.807, 2.05) is 0 Å². The van der Waals surface area contributed by atoms with Crippen LogP contribution in [0.2, 0.25) is 0 Å². The highest BCUT2D eigenvalue weighted by atomic mass is 16.5. The van der Waals surface area contributed by atoms with Gasteiger partial charge in [0.25, 0.3) is 0 Å². The summed E-state index contributed by atoms with van der Waals surface area (Å²) in [6.45, 7) is 7.15. The van der Waals surface area contributed by atoms with Gasteiger partial charge in [-0.05, 0) is 63.8 Å². The normalized spacial score (nSPS) is 34.5. The Hall–Kier alpha value is -0.0800. The Morgan fingerprint density at radius 3 is 2.81 bits per heavy atom. The number of hydrogen-bond donors (Lipinski definition) is 1. The van der Waals surface area contributed by atoms with Crippen molar-refractivity contribution in [1.82, 2.24) is 5.32 Å². The van der Waals surface area contributed by atoms with E-state index in [-0.39, 0.29) is 0 Å². The van der Waals surface area contributed by atoms with Crippen LogP contribution >= 0.6 is 0 Å². The first-order valence-electron chi connectivity index (χ1n) is 7.10. The third kappa shape index (κ3) is 3.21. The van der Waals surface area contributed by atoms with Crippen molar-refractivity contribution >= 4 is 0 Å². The molecule has 94 valence electrons. The van der Waals surface area contributed by atoms with E-state index in [0.29, 0.717) is 6.04 Å². The van der Waals surface area contributed by atoms with Crippen LogP contribution in [0, 0.1) is 17.8 Å². The first kappa shape index (κ1) is 12.4. The second-order valence-electron chi connectivity index (χ2n) is 5.74. The quantitative estimate of drug-likeness (QED) is 0.719. The van der Waals surface area contributed by atoms with E-state index in [2.05, 4.69) is 19.2 Å². The summed E-state index contributed by atoms with van der Waals surface area (Å²) in [7, 11) is 0. The zero-order valence-electron chi connectivity index (χ0n) is 10.9. The highest BCUT2D eigenvalue weighted by molar-refractivity contribution is 4.90. The Morgan fingerprint density at radius 1 is 1.31 bits per heavy atom. The lowest BCUT2D eigenvalue weighted by Crippen LogP contribution is -2.32. The fourth-order valence-electron chi connectivity index (χ4n) is 3.60. The van der Waals surface area contributed by atoms with Crippen molar-refractivity contribution in [3.05, 3.63) is 0 Å². The topological polar surface area (TPSA) is 21.3 Å². The molecule has 2 aliphatic rings. The summed E-state index contributed by atoms with van der Waals surface area (Å²) in [4.78, 5) is 0. The lowest BCUT2D eigenvalue weighted by molar-refractivity contribution is 0.126. The molecule has 0 aromatic heterocycles. The van der Waals surface area contributed by atoms with Crippen LogP contribution in [0.25, 0.3) is 0 Å². The second-order valence-corrected chi connectivity index (χ2v) is 5.74. The fourth-order valence-corrected chi connectivity index (χ4v) is 3.60. The van der Waals surface area contributed by atoms with Crippen LogP contribution in [0.4, 0.5) is 0 Å². The van der Waals surface area contributed by atoms with Gasteiger partial charge in [-0.2, -0.15) is 0 Å². The summed E-state index contributed by atoms with van der Waals surface area (Å²) in [5, 5.41) is 3.58. The van der Waals surface area contributed by atoms with E-state index in [1.54, 1.807) is 6.42 Å². The van der Waals surface area contributed by atoms with Gasteiger partial charge in [-0.1, -0.05) is 6.42 Å². The maximum absolute atomic E-state index is 5.40. The van der Waals surface area contributed by atoms with Crippen molar-refractivity contribution in [3.8, 4) is 0 Å². The van der Waals surface area contributed by atoms with Gasteiger partial charge in [0, 0.05) is 12.6 Å². The summed E-state index contributed by atoms with van der Waals surface area (Å²) < 4.78 is 5.40. The third-order valence-electron chi connectivity index (χ3n) is 4.46. The summed E-state index contributed by atoms with van der Waals surface area (Å²) in [5.41, 5.74) is 0. The van der Waals surface area contributed by atoms with Crippen molar-refractivity contribution in [1.29, 1.82) is 0 Å². The minimum absolute atomic E-state index is 0.513. The van der Waals surface area contributed by atoms with Crippen LogP contribution in [-0.2, 0) is 4.74 Å². The van der Waals surface area contributed by atoms with Gasteiger partial charge >= 0.3 is 0 Å². The number of fused-ring (bicyclic) bond motifs is 2. The second kappa shape index (κ2) is 6.02. The van der Waals surface area contributed by atoms with Crippen LogP contribution in [-0.4, -0.2) is 25.8 Å². The van der Waals surface area contributed by atoms with Gasteiger partial charge in [-0.15, -0.1) is 0 Å². The van der Waals surface area contributed by atoms with Gasteiger partial charge in [0.05, 0.1) is 6.61 Å². The van der Waals surface area contributed by atoms with Gasteiger partial charge < -0.3 is 10.1 Å². The predicted molar refractivity (Wildman–Crippen MR) is 67.5 cm³/mol. The Bertz CT molecular complexity index is 207. The van der Waals surface area contributed by atoms with Gasteiger partial charge in [0.1, 0.15) is 0 Å². The summed E-state index contributed by atoms with van der Waals surface area (Å²) >= 11 is 0. The van der Waals surface area contributed by atoms with Gasteiger partial charge in [-0.25, -0.2) is 0 Å². The minimum Gasteiger partial charge on any atom is -0.380 e. The molecule has 0 aliphatic heterocycles. The number of rotatable bonds is 7. The van der Waals surface area contributed by atoms with E-state index in [0.717, 1.165) is 31.0 Å². The molecular weight excluding hydrogens is 198 g/mol. The molecule has 1 N–H and O–H groups in total. The number of nitrogens with one attached hydrogen (secondary N) is 1. The number of ether oxygens (including phenoxy) is 1. The van der Waals surface area contributed by atoms with E-state index in [4.69, 9.17) is 4.74 Å². The standard InChI is InChI=1S/C14H27NO/c1-3-16-10-11(2)15-7-6-14-9-12-4-5-13(14)8-12/h11-15H,3-10H2,1-2H3. The van der Waals surface area contributed by atoms with E-state index < -0.39 is 0 Å². The molecule has 0 saturated heterocycles. The molecular formula is C14H27NO. The van der Waals surface area contributed by atoms with Crippen LogP contribution in [0.1, 0.15) is 46.0 Å². The van der Waals surface area contributed by atoms with E-state index in [1.165, 1.54) is 32.2 Å². The molecule has 0 heterocycles. The lowest BCUT2D eigenvalue weighted by Gasteiger charge is -2.22. The summed E-state index contributed by atoms with van der Waals surface area (Å²) in [5.74, 6) is 3.20. The first-order valence-corrected chi connectivity index (χ1v) is 7.10. The molecule has 0 spiro atoms. The van der Waals surface area contributed by atoms with Gasteiger partial charge in [-0.3, -0.25) is 0 Å². The lowest BCUT2D eigenvalue weighted by atomic mass is 9.86. The largest absolute Gasteiger partial charge is 0.380 e. The maximum Gasteiger partial charge on any atom is 0.0616 e. The molecule has 2 bridgehead atoms. The Balaban J connectivity index is 1.54. The minimum atomic E-state index is 0.513. The zero-order chi connectivity index (χ0) is 11.4. The van der Waals surface area contributed by atoms with Crippen LogP contribution in [0.15, 0.2) is 0 Å². The monoisotopic (exact) mass is 225 g/mol. The van der Waals surface area contributed by atoms with Crippen molar-refractivity contribution in [2.24, 2.45) is 17.8 Å². The van der Waals surface area contributed by atoms with Gasteiger partial charge in [0.2, 0.25) is 0 Å². The summed E-state index contributed by atoms with van der Waals surface area (Å²) in [6, 6.07) is 0.513. The molecule has 0 aromatic rings. The molecule has 2 rings (SSSR count). The third-order valence-corrected chi connectivity index (χ3v) is 4.46. The smallest absolute Gasteiger partial charge is 0.0616 e. The molecule has 0 amide bonds. The van der Waals surface area contributed by atoms with E-state index >= 15 is 0 Å². The van der Waals surface area contributed by atoms with Crippen molar-refractivity contribution in [2.75, 3.05) is 19.8 Å². The van der Waals surface area contributed by atoms with Crippen LogP contribution in [0.3, 0.4) is 0 Å². The molecule has 2 nitrogen and oxygen atoms in total. The van der Waals surface area contributed by atoms with Crippen molar-refractivity contribution < 1.29 is 4.74 Å². The molecule has 0 radical (unpaired) electrons. The van der Waals surface area contributed by atoms with Crippen LogP contribution in [0.5, 0.6) is 0 Å². The average Bonchev–Trinajstić information content (AvgIpc) is 2.88. The summed E-state index contributed by atoms with van der Waals surface area (Å²) in [6.07, 6.45) is 7.49. The maximum atomic E-state index is 5.40. The molecule has 2 aliphatic carbocycles. The van der Waals surface area contributed by atoms with Crippen molar-refractivity contribution in [2.45, 2.75) is 52.0 Å². The highest BCUT2D eigenvalue weighted by Gasteiger charge is 2.38. The molecule has 4 atom stereocenters. The highest BCUT2D eigenvalue weighted by Crippen LogP contribution is 2.49. The molecule has 16 heavy (non-hydrogen) atoms. The molecule has 0 aromatic carbocycles. The van der Waals surface area contributed by atoms with E-state index in [9.17, 15) is 0 Å². The Morgan fingerprint density at radius 2 is 2.19 bits per heavy atom. The molecule has 4 unspecified atom stereocenters. The molecule has 2 saturated carbocycles. The van der Waals surface area contributed by atoms with Crippen LogP contribution < -0.4 is 5.32 Å². The van der Waals surface area contributed by atoms with Crippen molar-refractivity contribution in [3.63, 3.8) is 0 Å².